The van der Waals surface area contributed by atoms with Crippen LogP contribution in [-0.4, -0.2) is 51.0 Å². The Morgan fingerprint density at radius 1 is 1.14 bits per heavy atom. The molecule has 3 aromatic rings. The van der Waals surface area contributed by atoms with Crippen LogP contribution in [-0.2, 0) is 9.53 Å². The van der Waals surface area contributed by atoms with Crippen molar-refractivity contribution in [1.29, 1.82) is 0 Å². The normalized spacial score (nSPS) is 13.4. The minimum atomic E-state index is -1.14. The fraction of sp³-hybridized carbons (Fsp3) is 0.200. The number of aliphatic carboxylic acids is 1. The lowest BCUT2D eigenvalue weighted by Crippen LogP contribution is -2.43. The van der Waals surface area contributed by atoms with Crippen LogP contribution >= 0.6 is 11.8 Å². The van der Waals surface area contributed by atoms with Crippen molar-refractivity contribution in [2.45, 2.75) is 17.0 Å². The molecule has 0 saturated heterocycles. The molecule has 1 atom stereocenters. The van der Waals surface area contributed by atoms with Crippen molar-refractivity contribution in [2.75, 3.05) is 12.4 Å². The second kappa shape index (κ2) is 8.36. The second-order valence-corrected chi connectivity index (χ2v) is 7.52. The number of carbonyl (C=O) groups excluding carboxylic acids is 1. The Labute approximate surface area is 170 Å². The molecule has 0 bridgehead atoms. The number of carboxylic acids is 1. The molecule has 9 heteroatoms. The number of amides is 1. The van der Waals surface area contributed by atoms with E-state index in [0.717, 1.165) is 22.3 Å². The van der Waals surface area contributed by atoms with Crippen molar-refractivity contribution in [3.05, 3.63) is 65.9 Å². The zero-order valence-corrected chi connectivity index (χ0v) is 16.1. The maximum absolute atomic E-state index is 12.3. The molecule has 0 saturated carbocycles. The van der Waals surface area contributed by atoms with Gasteiger partial charge in [-0.25, -0.2) is 9.59 Å². The molecule has 1 aliphatic carbocycles. The number of carboxylic acid groups (broad SMARTS) is 1. The van der Waals surface area contributed by atoms with Crippen LogP contribution < -0.4 is 5.32 Å². The number of nitrogens with zero attached hydrogens (tertiary/aromatic N) is 2. The number of alkyl carbamates (subject to hydrolysis) is 1. The summed E-state index contributed by atoms with van der Waals surface area (Å²) < 4.78 is 5.40. The Morgan fingerprint density at radius 3 is 2.38 bits per heavy atom. The van der Waals surface area contributed by atoms with E-state index in [0.29, 0.717) is 5.03 Å². The molecule has 1 amide bonds. The van der Waals surface area contributed by atoms with Gasteiger partial charge in [-0.3, -0.25) is 0 Å². The van der Waals surface area contributed by atoms with E-state index in [1.165, 1.54) is 18.0 Å². The summed E-state index contributed by atoms with van der Waals surface area (Å²) in [4.78, 5) is 23.7. The number of rotatable bonds is 7. The zero-order valence-electron chi connectivity index (χ0n) is 15.2. The summed E-state index contributed by atoms with van der Waals surface area (Å²) in [6.07, 6.45) is 0.719. The number of ether oxygens (including phenoxy) is 1. The van der Waals surface area contributed by atoms with E-state index in [1.54, 1.807) is 0 Å². The van der Waals surface area contributed by atoms with Gasteiger partial charge in [-0.2, -0.15) is 10.3 Å². The van der Waals surface area contributed by atoms with Gasteiger partial charge in [0.25, 0.3) is 0 Å². The van der Waals surface area contributed by atoms with Crippen molar-refractivity contribution in [1.82, 2.24) is 20.7 Å². The van der Waals surface area contributed by atoms with Gasteiger partial charge in [0.2, 0.25) is 0 Å². The van der Waals surface area contributed by atoms with E-state index in [9.17, 15) is 14.7 Å². The summed E-state index contributed by atoms with van der Waals surface area (Å²) >= 11 is 1.17. The molecule has 0 fully saturated rings. The van der Waals surface area contributed by atoms with Crippen LogP contribution in [0.3, 0.4) is 0 Å². The molecule has 0 spiro atoms. The molecule has 0 radical (unpaired) electrons. The quantitative estimate of drug-likeness (QED) is 0.513. The third kappa shape index (κ3) is 4.09. The Balaban J connectivity index is 1.39. The number of thioether (sulfide) groups is 1. The highest BCUT2D eigenvalue weighted by Gasteiger charge is 2.29. The smallest absolute Gasteiger partial charge is 0.407 e. The average Bonchev–Trinajstić information content (AvgIpc) is 3.35. The molecule has 1 unspecified atom stereocenters. The summed E-state index contributed by atoms with van der Waals surface area (Å²) in [5, 5.41) is 22.3. The van der Waals surface area contributed by atoms with Crippen LogP contribution in [0.4, 0.5) is 4.79 Å². The van der Waals surface area contributed by atoms with E-state index >= 15 is 0 Å². The third-order valence-corrected chi connectivity index (χ3v) is 5.72. The van der Waals surface area contributed by atoms with Gasteiger partial charge in [0.1, 0.15) is 17.7 Å². The van der Waals surface area contributed by atoms with E-state index < -0.39 is 18.1 Å². The lowest BCUT2D eigenvalue weighted by atomic mass is 9.98. The molecule has 1 aromatic heterocycles. The van der Waals surface area contributed by atoms with Crippen molar-refractivity contribution >= 4 is 23.8 Å². The zero-order chi connectivity index (χ0) is 20.2. The van der Waals surface area contributed by atoms with Crippen molar-refractivity contribution < 1.29 is 19.4 Å². The number of nitrogens with one attached hydrogen (secondary N) is 2. The van der Waals surface area contributed by atoms with Gasteiger partial charge in [-0.05, 0) is 22.3 Å². The minimum Gasteiger partial charge on any atom is -0.480 e. The highest BCUT2D eigenvalue weighted by atomic mass is 32.2. The topological polar surface area (TPSA) is 117 Å². The Morgan fingerprint density at radius 2 is 1.79 bits per heavy atom. The van der Waals surface area contributed by atoms with Crippen LogP contribution in [0.5, 0.6) is 0 Å². The molecule has 0 aliphatic heterocycles. The lowest BCUT2D eigenvalue weighted by molar-refractivity contribution is -0.138. The van der Waals surface area contributed by atoms with Crippen molar-refractivity contribution in [3.8, 4) is 11.1 Å². The predicted octanol–water partition coefficient (Wildman–Crippen LogP) is 2.89. The van der Waals surface area contributed by atoms with Crippen LogP contribution in [0.25, 0.3) is 11.1 Å². The van der Waals surface area contributed by atoms with Crippen LogP contribution in [0.1, 0.15) is 17.0 Å². The van der Waals surface area contributed by atoms with Crippen molar-refractivity contribution in [3.63, 3.8) is 0 Å². The highest BCUT2D eigenvalue weighted by molar-refractivity contribution is 7.99. The fourth-order valence-corrected chi connectivity index (χ4v) is 4.18. The number of carbonyl (C=O) groups is 2. The summed E-state index contributed by atoms with van der Waals surface area (Å²) in [5.74, 6) is -1.12. The number of hydrogen-bond acceptors (Lipinski definition) is 6. The molecule has 4 rings (SSSR count). The minimum absolute atomic E-state index is 0.0825. The van der Waals surface area contributed by atoms with Gasteiger partial charge >= 0.3 is 12.1 Å². The van der Waals surface area contributed by atoms with Gasteiger partial charge in [0, 0.05) is 11.7 Å². The predicted molar refractivity (Wildman–Crippen MR) is 107 cm³/mol. The number of aromatic amines is 1. The van der Waals surface area contributed by atoms with Crippen LogP contribution in [0, 0.1) is 0 Å². The summed E-state index contributed by atoms with van der Waals surface area (Å²) in [5.41, 5.74) is 4.45. The molecule has 1 heterocycles. The molecule has 8 nitrogen and oxygen atoms in total. The first-order valence-electron chi connectivity index (χ1n) is 8.96. The second-order valence-electron chi connectivity index (χ2n) is 6.48. The Bertz CT molecular complexity index is 979. The fourth-order valence-electron chi connectivity index (χ4n) is 3.39. The number of fused-ring (bicyclic) bond motifs is 3. The maximum Gasteiger partial charge on any atom is 0.407 e. The van der Waals surface area contributed by atoms with Gasteiger partial charge in [0.15, 0.2) is 0 Å². The lowest BCUT2D eigenvalue weighted by Gasteiger charge is -2.17. The van der Waals surface area contributed by atoms with Gasteiger partial charge < -0.3 is 15.2 Å². The molecule has 29 heavy (non-hydrogen) atoms. The van der Waals surface area contributed by atoms with E-state index in [1.807, 2.05) is 36.4 Å². The maximum atomic E-state index is 12.3. The van der Waals surface area contributed by atoms with Crippen molar-refractivity contribution in [2.24, 2.45) is 0 Å². The third-order valence-electron chi connectivity index (χ3n) is 4.72. The Hall–Kier alpha value is -3.33. The highest BCUT2D eigenvalue weighted by Crippen LogP contribution is 2.44. The molecular weight excluding hydrogens is 392 g/mol. The summed E-state index contributed by atoms with van der Waals surface area (Å²) in [6.45, 7) is 0.128. The molecule has 1 aliphatic rings. The summed E-state index contributed by atoms with van der Waals surface area (Å²) in [6, 6.07) is 14.9. The van der Waals surface area contributed by atoms with Crippen LogP contribution in [0.15, 0.2) is 59.8 Å². The van der Waals surface area contributed by atoms with E-state index in [4.69, 9.17) is 4.74 Å². The molecule has 2 aromatic carbocycles. The molecule has 148 valence electrons. The first kappa shape index (κ1) is 19.0. The number of benzene rings is 2. The van der Waals surface area contributed by atoms with Gasteiger partial charge in [-0.15, -0.1) is 16.9 Å². The molecular formula is C20H18N4O4S. The SMILES string of the molecule is O=C(NC(CSc1cn[nH]n1)C(=O)O)OCC1c2ccccc2-c2ccccc21. The largest absolute Gasteiger partial charge is 0.480 e. The monoisotopic (exact) mass is 410 g/mol. The Kier molecular flexibility index (Phi) is 5.48. The first-order chi connectivity index (χ1) is 14.1. The summed E-state index contributed by atoms with van der Waals surface area (Å²) in [7, 11) is 0. The van der Waals surface area contributed by atoms with Gasteiger partial charge in [0.05, 0.1) is 6.20 Å². The van der Waals surface area contributed by atoms with E-state index in [2.05, 4.69) is 32.9 Å². The van der Waals surface area contributed by atoms with Crippen LogP contribution in [0.2, 0.25) is 0 Å². The number of hydrogen-bond donors (Lipinski definition) is 3. The van der Waals surface area contributed by atoms with E-state index in [-0.39, 0.29) is 18.3 Å². The standard InChI is InChI=1S/C20H18N4O4S/c25-19(26)17(11-29-18-9-21-24-23-18)22-20(27)28-10-16-14-7-3-1-5-12(14)13-6-2-4-8-15(13)16/h1-9,16-17H,10-11H2,(H,22,27)(H,25,26)(H,21,23,24). The van der Waals surface area contributed by atoms with Gasteiger partial charge in [-0.1, -0.05) is 48.5 Å². The number of H-pyrrole nitrogens is 1. The molecule has 3 N–H and O–H groups in total. The first-order valence-corrected chi connectivity index (χ1v) is 9.95. The number of aromatic nitrogens is 3. The average molecular weight is 410 g/mol.